The summed E-state index contributed by atoms with van der Waals surface area (Å²) < 4.78 is 27.9. The summed E-state index contributed by atoms with van der Waals surface area (Å²) in [6, 6.07) is 4.59. The SMILES string of the molecule is CC1CCC(N(C)C(=O)c2cc(S(=O)(=O)NC(C)C)ccc2Br)CC1. The van der Waals surface area contributed by atoms with Crippen LogP contribution in [0.15, 0.2) is 27.6 Å². The molecule has 1 aromatic carbocycles. The quantitative estimate of drug-likeness (QED) is 0.772. The van der Waals surface area contributed by atoms with Crippen LogP contribution in [0.4, 0.5) is 0 Å². The van der Waals surface area contributed by atoms with Gasteiger partial charge < -0.3 is 4.90 Å². The van der Waals surface area contributed by atoms with Crippen LogP contribution < -0.4 is 4.72 Å². The largest absolute Gasteiger partial charge is 0.339 e. The summed E-state index contributed by atoms with van der Waals surface area (Å²) in [5.41, 5.74) is 0.382. The molecule has 1 fully saturated rings. The van der Waals surface area contributed by atoms with Crippen LogP contribution in [0.5, 0.6) is 0 Å². The van der Waals surface area contributed by atoms with Crippen LogP contribution >= 0.6 is 15.9 Å². The van der Waals surface area contributed by atoms with Crippen molar-refractivity contribution >= 4 is 31.9 Å². The van der Waals surface area contributed by atoms with Crippen LogP contribution in [0.3, 0.4) is 0 Å². The lowest BCUT2D eigenvalue weighted by Gasteiger charge is -2.33. The average molecular weight is 431 g/mol. The Labute approximate surface area is 159 Å². The predicted molar refractivity (Wildman–Crippen MR) is 103 cm³/mol. The molecular formula is C18H27BrN2O3S. The van der Waals surface area contributed by atoms with Crippen LogP contribution in [0.1, 0.15) is 56.8 Å². The third-order valence-corrected chi connectivity index (χ3v) is 7.07. The number of carbonyl (C=O) groups is 1. The van der Waals surface area contributed by atoms with E-state index < -0.39 is 10.0 Å². The molecule has 1 saturated carbocycles. The first-order valence-corrected chi connectivity index (χ1v) is 11.0. The topological polar surface area (TPSA) is 66.5 Å². The summed E-state index contributed by atoms with van der Waals surface area (Å²) in [5.74, 6) is 0.565. The van der Waals surface area contributed by atoms with Crippen LogP contribution in [0.25, 0.3) is 0 Å². The molecule has 0 aliphatic heterocycles. The van der Waals surface area contributed by atoms with Crippen LogP contribution in [0.2, 0.25) is 0 Å². The fourth-order valence-electron chi connectivity index (χ4n) is 3.20. The van der Waals surface area contributed by atoms with Gasteiger partial charge >= 0.3 is 0 Å². The Morgan fingerprint density at radius 3 is 2.40 bits per heavy atom. The molecule has 0 saturated heterocycles. The van der Waals surface area contributed by atoms with Gasteiger partial charge in [-0.05, 0) is 79.6 Å². The van der Waals surface area contributed by atoms with E-state index in [1.165, 1.54) is 12.1 Å². The fraction of sp³-hybridized carbons (Fsp3) is 0.611. The minimum atomic E-state index is -3.63. The number of halogens is 1. The molecule has 7 heteroatoms. The van der Waals surface area contributed by atoms with E-state index in [4.69, 9.17) is 0 Å². The minimum Gasteiger partial charge on any atom is -0.339 e. The average Bonchev–Trinajstić information content (AvgIpc) is 2.53. The monoisotopic (exact) mass is 430 g/mol. The first-order valence-electron chi connectivity index (χ1n) is 8.71. The smallest absolute Gasteiger partial charge is 0.255 e. The van der Waals surface area contributed by atoms with Crippen molar-refractivity contribution in [2.24, 2.45) is 5.92 Å². The Bertz CT molecular complexity index is 726. The van der Waals surface area contributed by atoms with Gasteiger partial charge in [0, 0.05) is 23.6 Å². The van der Waals surface area contributed by atoms with E-state index in [2.05, 4.69) is 27.6 Å². The molecule has 0 aromatic heterocycles. The van der Waals surface area contributed by atoms with Crippen LogP contribution in [-0.4, -0.2) is 38.4 Å². The summed E-state index contributed by atoms with van der Waals surface area (Å²) in [7, 11) is -1.82. The first kappa shape index (κ1) is 20.4. The Balaban J connectivity index is 2.26. The van der Waals surface area contributed by atoms with Crippen molar-refractivity contribution in [2.45, 2.75) is 63.4 Å². The van der Waals surface area contributed by atoms with Gasteiger partial charge in [-0.15, -0.1) is 0 Å². The second-order valence-electron chi connectivity index (χ2n) is 7.25. The molecule has 0 atom stereocenters. The van der Waals surface area contributed by atoms with E-state index in [-0.39, 0.29) is 22.9 Å². The molecule has 0 spiro atoms. The maximum Gasteiger partial charge on any atom is 0.255 e. The lowest BCUT2D eigenvalue weighted by atomic mass is 9.86. The van der Waals surface area contributed by atoms with Gasteiger partial charge in [0.2, 0.25) is 10.0 Å². The van der Waals surface area contributed by atoms with Crippen molar-refractivity contribution in [3.63, 3.8) is 0 Å². The van der Waals surface area contributed by atoms with E-state index in [0.29, 0.717) is 16.0 Å². The summed E-state index contributed by atoms with van der Waals surface area (Å²) in [5, 5.41) is 0. The molecule has 1 aliphatic rings. The van der Waals surface area contributed by atoms with Crippen molar-refractivity contribution in [1.82, 2.24) is 9.62 Å². The Hall–Kier alpha value is -0.920. The summed E-state index contributed by atoms with van der Waals surface area (Å²) in [6.45, 7) is 5.77. The fourth-order valence-corrected chi connectivity index (χ4v) is 4.89. The zero-order valence-corrected chi connectivity index (χ0v) is 17.7. The predicted octanol–water partition coefficient (Wildman–Crippen LogP) is 3.79. The first-order chi connectivity index (χ1) is 11.6. The van der Waals surface area contributed by atoms with E-state index in [1.807, 2.05) is 7.05 Å². The van der Waals surface area contributed by atoms with Gasteiger partial charge in [0.1, 0.15) is 0 Å². The Kier molecular flexibility index (Phi) is 6.68. The van der Waals surface area contributed by atoms with Crippen molar-refractivity contribution in [3.8, 4) is 0 Å². The third kappa shape index (κ3) is 5.05. The summed E-state index contributed by atoms with van der Waals surface area (Å²) in [6.07, 6.45) is 4.23. The van der Waals surface area contributed by atoms with E-state index in [0.717, 1.165) is 25.7 Å². The molecule has 25 heavy (non-hydrogen) atoms. The van der Waals surface area contributed by atoms with Crippen molar-refractivity contribution in [1.29, 1.82) is 0 Å². The molecule has 5 nitrogen and oxygen atoms in total. The molecule has 140 valence electrons. The van der Waals surface area contributed by atoms with E-state index in [9.17, 15) is 13.2 Å². The van der Waals surface area contributed by atoms with E-state index in [1.54, 1.807) is 24.8 Å². The maximum absolute atomic E-state index is 12.9. The zero-order valence-electron chi connectivity index (χ0n) is 15.3. The molecule has 1 amide bonds. The second-order valence-corrected chi connectivity index (χ2v) is 9.82. The summed E-state index contributed by atoms with van der Waals surface area (Å²) in [4.78, 5) is 14.8. The highest BCUT2D eigenvalue weighted by Crippen LogP contribution is 2.29. The van der Waals surface area contributed by atoms with Crippen molar-refractivity contribution in [2.75, 3.05) is 7.05 Å². The standard InChI is InChI=1S/C18H27BrN2O3S/c1-12(2)20-25(23,24)15-9-10-17(19)16(11-15)18(22)21(4)14-7-5-13(3)6-8-14/h9-14,20H,5-8H2,1-4H3. The minimum absolute atomic E-state index is 0.110. The number of nitrogens with one attached hydrogen (secondary N) is 1. The lowest BCUT2D eigenvalue weighted by Crippen LogP contribution is -2.39. The highest BCUT2D eigenvalue weighted by molar-refractivity contribution is 9.10. The number of benzene rings is 1. The number of carbonyl (C=O) groups excluding carboxylic acids is 1. The number of hydrogen-bond acceptors (Lipinski definition) is 3. The maximum atomic E-state index is 12.9. The zero-order chi connectivity index (χ0) is 18.8. The molecular weight excluding hydrogens is 404 g/mol. The molecule has 1 N–H and O–H groups in total. The van der Waals surface area contributed by atoms with Gasteiger partial charge in [0.15, 0.2) is 0 Å². The molecule has 0 heterocycles. The van der Waals surface area contributed by atoms with E-state index >= 15 is 0 Å². The number of hydrogen-bond donors (Lipinski definition) is 1. The molecule has 2 rings (SSSR count). The number of sulfonamides is 1. The molecule has 1 aromatic rings. The summed E-state index contributed by atoms with van der Waals surface area (Å²) >= 11 is 3.39. The normalized spacial score (nSPS) is 21.4. The van der Waals surface area contributed by atoms with Crippen LogP contribution in [-0.2, 0) is 10.0 Å². The van der Waals surface area contributed by atoms with Gasteiger partial charge in [-0.1, -0.05) is 6.92 Å². The number of nitrogens with zero attached hydrogens (tertiary/aromatic N) is 1. The van der Waals surface area contributed by atoms with Gasteiger partial charge in [0.25, 0.3) is 5.91 Å². The second kappa shape index (κ2) is 8.18. The van der Waals surface area contributed by atoms with Crippen molar-refractivity contribution in [3.05, 3.63) is 28.2 Å². The van der Waals surface area contributed by atoms with Crippen LogP contribution in [0, 0.1) is 5.92 Å². The Morgan fingerprint density at radius 1 is 1.24 bits per heavy atom. The molecule has 1 aliphatic carbocycles. The highest BCUT2D eigenvalue weighted by atomic mass is 79.9. The van der Waals surface area contributed by atoms with Gasteiger partial charge in [0.05, 0.1) is 10.5 Å². The lowest BCUT2D eigenvalue weighted by molar-refractivity contribution is 0.0678. The molecule has 0 unspecified atom stereocenters. The number of rotatable bonds is 5. The Morgan fingerprint density at radius 2 is 1.84 bits per heavy atom. The number of amides is 1. The highest BCUT2D eigenvalue weighted by Gasteiger charge is 2.27. The van der Waals surface area contributed by atoms with Gasteiger partial charge in [-0.25, -0.2) is 13.1 Å². The van der Waals surface area contributed by atoms with Gasteiger partial charge in [-0.3, -0.25) is 4.79 Å². The third-order valence-electron chi connectivity index (χ3n) is 4.72. The molecule has 0 radical (unpaired) electrons. The van der Waals surface area contributed by atoms with Gasteiger partial charge in [-0.2, -0.15) is 0 Å². The molecule has 0 bridgehead atoms. The van der Waals surface area contributed by atoms with Crippen molar-refractivity contribution < 1.29 is 13.2 Å².